The van der Waals surface area contributed by atoms with Gasteiger partial charge in [-0.2, -0.15) is 0 Å². The van der Waals surface area contributed by atoms with Crippen molar-refractivity contribution in [3.05, 3.63) is 33.8 Å². The highest BCUT2D eigenvalue weighted by molar-refractivity contribution is 6.42. The van der Waals surface area contributed by atoms with Crippen molar-refractivity contribution in [2.45, 2.75) is 18.4 Å². The van der Waals surface area contributed by atoms with Gasteiger partial charge in [0, 0.05) is 5.56 Å². The Labute approximate surface area is 80.9 Å². The number of halogens is 2. The third kappa shape index (κ3) is 1.22. The maximum absolute atomic E-state index is 9.76. The van der Waals surface area contributed by atoms with Gasteiger partial charge in [0.05, 0.1) is 15.6 Å². The summed E-state index contributed by atoms with van der Waals surface area (Å²) in [4.78, 5) is 0. The summed E-state index contributed by atoms with van der Waals surface area (Å²) in [7, 11) is 0. The van der Waals surface area contributed by atoms with Crippen LogP contribution >= 0.6 is 23.2 Å². The number of hydrogen-bond donors (Lipinski definition) is 1. The molecule has 1 aliphatic rings. The molecule has 0 amide bonds. The fourth-order valence-electron chi connectivity index (χ4n) is 1.25. The monoisotopic (exact) mass is 202 g/mol. The molecule has 0 heterocycles. The zero-order chi connectivity index (χ0) is 8.77. The average molecular weight is 203 g/mol. The van der Waals surface area contributed by atoms with Crippen molar-refractivity contribution in [1.82, 2.24) is 0 Å². The summed E-state index contributed by atoms with van der Waals surface area (Å²) >= 11 is 11.7. The van der Waals surface area contributed by atoms with Gasteiger partial charge in [0.2, 0.25) is 0 Å². The smallest absolute Gasteiger partial charge is 0.0913 e. The third-order valence-electron chi connectivity index (χ3n) is 2.18. The minimum atomic E-state index is -0.692. The molecule has 1 saturated carbocycles. The maximum Gasteiger partial charge on any atom is 0.0913 e. The van der Waals surface area contributed by atoms with Crippen molar-refractivity contribution in [2.24, 2.45) is 0 Å². The minimum absolute atomic E-state index is 0.485. The molecule has 1 aromatic carbocycles. The number of aliphatic hydroxyl groups is 1. The quantitative estimate of drug-likeness (QED) is 0.743. The van der Waals surface area contributed by atoms with Crippen molar-refractivity contribution in [3.8, 4) is 0 Å². The first-order valence-corrected chi connectivity index (χ1v) is 4.56. The van der Waals surface area contributed by atoms with E-state index in [4.69, 9.17) is 23.2 Å². The van der Waals surface area contributed by atoms with Crippen molar-refractivity contribution >= 4 is 23.2 Å². The summed E-state index contributed by atoms with van der Waals surface area (Å²) in [6.07, 6.45) is 1.57. The molecule has 64 valence electrons. The molecule has 2 rings (SSSR count). The normalized spacial score (nSPS) is 19.2. The third-order valence-corrected chi connectivity index (χ3v) is 3.00. The Hall–Kier alpha value is -0.240. The lowest BCUT2D eigenvalue weighted by molar-refractivity contribution is 0.151. The molecular weight excluding hydrogens is 195 g/mol. The highest BCUT2D eigenvalue weighted by Gasteiger charge is 2.43. The lowest BCUT2D eigenvalue weighted by Crippen LogP contribution is -2.04. The molecule has 0 aliphatic heterocycles. The van der Waals surface area contributed by atoms with E-state index in [1.165, 1.54) is 0 Å². The van der Waals surface area contributed by atoms with Crippen LogP contribution in [-0.4, -0.2) is 5.11 Å². The molecule has 1 nitrogen and oxygen atoms in total. The standard InChI is InChI=1S/C9H8Cl2O/c10-7-3-1-2-6(8(7)11)9(12)4-5-9/h1-3,12H,4-5H2. The van der Waals surface area contributed by atoms with Crippen LogP contribution in [0.3, 0.4) is 0 Å². The zero-order valence-electron chi connectivity index (χ0n) is 6.35. The maximum atomic E-state index is 9.76. The summed E-state index contributed by atoms with van der Waals surface area (Å²) in [5.74, 6) is 0. The predicted molar refractivity (Wildman–Crippen MR) is 49.6 cm³/mol. The molecule has 0 unspecified atom stereocenters. The summed E-state index contributed by atoms with van der Waals surface area (Å²) in [5, 5.41) is 10.8. The highest BCUT2D eigenvalue weighted by atomic mass is 35.5. The van der Waals surface area contributed by atoms with E-state index >= 15 is 0 Å². The first-order valence-electron chi connectivity index (χ1n) is 3.80. The predicted octanol–water partition coefficient (Wildman–Crippen LogP) is 2.97. The minimum Gasteiger partial charge on any atom is -0.385 e. The van der Waals surface area contributed by atoms with Crippen LogP contribution in [0, 0.1) is 0 Å². The molecular formula is C9H8Cl2O. The molecule has 1 N–H and O–H groups in total. The van der Waals surface area contributed by atoms with E-state index in [9.17, 15) is 5.11 Å². The zero-order valence-corrected chi connectivity index (χ0v) is 7.86. The second kappa shape index (κ2) is 2.63. The van der Waals surface area contributed by atoms with Crippen molar-refractivity contribution in [1.29, 1.82) is 0 Å². The van der Waals surface area contributed by atoms with Gasteiger partial charge in [0.1, 0.15) is 0 Å². The first-order chi connectivity index (χ1) is 5.63. The molecule has 1 aromatic rings. The van der Waals surface area contributed by atoms with Crippen molar-refractivity contribution in [2.75, 3.05) is 0 Å². The Morgan fingerprint density at radius 3 is 2.50 bits per heavy atom. The Morgan fingerprint density at radius 1 is 1.25 bits per heavy atom. The van der Waals surface area contributed by atoms with Crippen LogP contribution in [-0.2, 0) is 5.60 Å². The van der Waals surface area contributed by atoms with E-state index in [1.54, 1.807) is 12.1 Å². The van der Waals surface area contributed by atoms with E-state index < -0.39 is 5.60 Å². The Balaban J connectivity index is 2.51. The van der Waals surface area contributed by atoms with Gasteiger partial charge >= 0.3 is 0 Å². The molecule has 0 saturated heterocycles. The van der Waals surface area contributed by atoms with Gasteiger partial charge in [0.25, 0.3) is 0 Å². The molecule has 1 aliphatic carbocycles. The average Bonchev–Trinajstić information content (AvgIpc) is 2.75. The molecule has 3 heteroatoms. The largest absolute Gasteiger partial charge is 0.385 e. The van der Waals surface area contributed by atoms with Gasteiger partial charge in [-0.1, -0.05) is 35.3 Å². The second-order valence-corrected chi connectivity index (χ2v) is 3.92. The van der Waals surface area contributed by atoms with Gasteiger partial charge in [-0.15, -0.1) is 0 Å². The Morgan fingerprint density at radius 2 is 1.92 bits per heavy atom. The van der Waals surface area contributed by atoms with Crippen LogP contribution < -0.4 is 0 Å². The summed E-state index contributed by atoms with van der Waals surface area (Å²) in [6, 6.07) is 5.35. The molecule has 12 heavy (non-hydrogen) atoms. The topological polar surface area (TPSA) is 20.2 Å². The second-order valence-electron chi connectivity index (χ2n) is 3.13. The fourth-order valence-corrected chi connectivity index (χ4v) is 1.73. The summed E-state index contributed by atoms with van der Waals surface area (Å²) in [6.45, 7) is 0. The van der Waals surface area contributed by atoms with Crippen molar-refractivity contribution in [3.63, 3.8) is 0 Å². The molecule has 0 radical (unpaired) electrons. The van der Waals surface area contributed by atoms with Crippen LogP contribution in [0.4, 0.5) is 0 Å². The lowest BCUT2D eigenvalue weighted by Gasteiger charge is -2.10. The van der Waals surface area contributed by atoms with Crippen molar-refractivity contribution < 1.29 is 5.11 Å². The van der Waals surface area contributed by atoms with Crippen LogP contribution in [0.15, 0.2) is 18.2 Å². The van der Waals surface area contributed by atoms with Crippen LogP contribution in [0.2, 0.25) is 10.0 Å². The Bertz CT molecular complexity index is 318. The van der Waals surface area contributed by atoms with Gasteiger partial charge in [-0.05, 0) is 18.9 Å². The molecule has 0 bridgehead atoms. The van der Waals surface area contributed by atoms with Crippen LogP contribution in [0.1, 0.15) is 18.4 Å². The van der Waals surface area contributed by atoms with Gasteiger partial charge < -0.3 is 5.11 Å². The van der Waals surface area contributed by atoms with Gasteiger partial charge in [0.15, 0.2) is 0 Å². The fraction of sp³-hybridized carbons (Fsp3) is 0.333. The van der Waals surface area contributed by atoms with E-state index in [-0.39, 0.29) is 0 Å². The number of benzene rings is 1. The van der Waals surface area contributed by atoms with E-state index in [0.717, 1.165) is 18.4 Å². The highest BCUT2D eigenvalue weighted by Crippen LogP contribution is 2.48. The number of rotatable bonds is 1. The molecule has 0 spiro atoms. The molecule has 0 aromatic heterocycles. The van der Waals surface area contributed by atoms with E-state index in [2.05, 4.69) is 0 Å². The number of hydrogen-bond acceptors (Lipinski definition) is 1. The van der Waals surface area contributed by atoms with E-state index in [0.29, 0.717) is 10.0 Å². The first kappa shape index (κ1) is 8.36. The Kier molecular flexibility index (Phi) is 1.83. The van der Waals surface area contributed by atoms with Crippen LogP contribution in [0.25, 0.3) is 0 Å². The molecule has 1 fully saturated rings. The summed E-state index contributed by atoms with van der Waals surface area (Å²) in [5.41, 5.74) is 0.0683. The van der Waals surface area contributed by atoms with E-state index in [1.807, 2.05) is 6.07 Å². The lowest BCUT2D eigenvalue weighted by atomic mass is 10.1. The molecule has 0 atom stereocenters. The van der Waals surface area contributed by atoms with Gasteiger partial charge in [-0.3, -0.25) is 0 Å². The van der Waals surface area contributed by atoms with Gasteiger partial charge in [-0.25, -0.2) is 0 Å². The SMILES string of the molecule is OC1(c2cccc(Cl)c2Cl)CC1. The summed E-state index contributed by atoms with van der Waals surface area (Å²) < 4.78 is 0. The van der Waals surface area contributed by atoms with Crippen LogP contribution in [0.5, 0.6) is 0 Å².